The number of hydrogen-bond donors (Lipinski definition) is 2. The SMILES string of the molecule is COc1ccc(N)c(NC2CCC(=O)N(C)C2=O)n1. The number of piperidine rings is 1. The van der Waals surface area contributed by atoms with E-state index >= 15 is 0 Å². The van der Waals surface area contributed by atoms with Gasteiger partial charge in [0.05, 0.1) is 12.8 Å². The third kappa shape index (κ3) is 2.59. The minimum absolute atomic E-state index is 0.172. The number of carbonyl (C=O) groups is 2. The number of nitrogens with two attached hydrogens (primary N) is 1. The average molecular weight is 264 g/mol. The fourth-order valence-electron chi connectivity index (χ4n) is 1.90. The molecule has 19 heavy (non-hydrogen) atoms. The summed E-state index contributed by atoms with van der Waals surface area (Å²) in [5.41, 5.74) is 6.22. The number of imide groups is 1. The molecule has 0 spiro atoms. The van der Waals surface area contributed by atoms with Crippen LogP contribution in [0.2, 0.25) is 0 Å². The Labute approximate surface area is 110 Å². The summed E-state index contributed by atoms with van der Waals surface area (Å²) in [6, 6.07) is 2.79. The van der Waals surface area contributed by atoms with Crippen LogP contribution in [0.4, 0.5) is 11.5 Å². The zero-order valence-electron chi connectivity index (χ0n) is 10.8. The molecule has 102 valence electrons. The van der Waals surface area contributed by atoms with E-state index < -0.39 is 6.04 Å². The van der Waals surface area contributed by atoms with E-state index in [1.54, 1.807) is 12.1 Å². The monoisotopic (exact) mass is 264 g/mol. The number of amides is 2. The minimum Gasteiger partial charge on any atom is -0.481 e. The lowest BCUT2D eigenvalue weighted by atomic mass is 10.0. The number of hydrogen-bond acceptors (Lipinski definition) is 6. The average Bonchev–Trinajstić information content (AvgIpc) is 2.41. The number of aromatic nitrogens is 1. The topological polar surface area (TPSA) is 97.5 Å². The lowest BCUT2D eigenvalue weighted by Gasteiger charge is -2.28. The van der Waals surface area contributed by atoms with E-state index in [-0.39, 0.29) is 11.8 Å². The van der Waals surface area contributed by atoms with Gasteiger partial charge in [-0.05, 0) is 12.5 Å². The summed E-state index contributed by atoms with van der Waals surface area (Å²) in [5.74, 6) is 0.347. The molecular weight excluding hydrogens is 248 g/mol. The van der Waals surface area contributed by atoms with Crippen LogP contribution in [0.5, 0.6) is 5.88 Å². The molecule has 1 aliphatic rings. The Balaban J connectivity index is 2.17. The highest BCUT2D eigenvalue weighted by Gasteiger charge is 2.32. The molecule has 3 N–H and O–H groups in total. The van der Waals surface area contributed by atoms with Gasteiger partial charge >= 0.3 is 0 Å². The Morgan fingerprint density at radius 2 is 2.21 bits per heavy atom. The second-order valence-corrected chi connectivity index (χ2v) is 4.32. The molecule has 0 aliphatic carbocycles. The van der Waals surface area contributed by atoms with Crippen molar-refractivity contribution in [3.8, 4) is 5.88 Å². The summed E-state index contributed by atoms with van der Waals surface area (Å²) < 4.78 is 5.01. The normalized spacial score (nSPS) is 19.5. The molecule has 0 aromatic carbocycles. The Bertz CT molecular complexity index is 518. The van der Waals surface area contributed by atoms with Crippen molar-refractivity contribution >= 4 is 23.3 Å². The van der Waals surface area contributed by atoms with Crippen molar-refractivity contribution in [2.45, 2.75) is 18.9 Å². The molecule has 7 nitrogen and oxygen atoms in total. The van der Waals surface area contributed by atoms with Crippen molar-refractivity contribution < 1.29 is 14.3 Å². The summed E-state index contributed by atoms with van der Waals surface area (Å²) in [7, 11) is 2.97. The number of likely N-dealkylation sites (tertiary alicyclic amines) is 1. The van der Waals surface area contributed by atoms with Crippen LogP contribution in [0.25, 0.3) is 0 Å². The summed E-state index contributed by atoms with van der Waals surface area (Å²) in [6.07, 6.45) is 0.754. The highest BCUT2D eigenvalue weighted by molar-refractivity contribution is 6.01. The lowest BCUT2D eigenvalue weighted by Crippen LogP contribution is -2.48. The second kappa shape index (κ2) is 5.13. The van der Waals surface area contributed by atoms with Crippen molar-refractivity contribution in [3.63, 3.8) is 0 Å². The van der Waals surface area contributed by atoms with E-state index in [4.69, 9.17) is 10.5 Å². The lowest BCUT2D eigenvalue weighted by molar-refractivity contribution is -0.146. The molecule has 2 rings (SSSR count). The van der Waals surface area contributed by atoms with Crippen molar-refractivity contribution in [1.82, 2.24) is 9.88 Å². The third-order valence-electron chi connectivity index (χ3n) is 3.07. The van der Waals surface area contributed by atoms with Gasteiger partial charge in [-0.2, -0.15) is 4.98 Å². The number of nitrogens with zero attached hydrogens (tertiary/aromatic N) is 2. The van der Waals surface area contributed by atoms with Gasteiger partial charge < -0.3 is 15.8 Å². The summed E-state index contributed by atoms with van der Waals surface area (Å²) >= 11 is 0. The third-order valence-corrected chi connectivity index (χ3v) is 3.07. The first-order valence-corrected chi connectivity index (χ1v) is 5.90. The number of likely N-dealkylation sites (N-methyl/N-ethyl adjacent to an activating group) is 1. The van der Waals surface area contributed by atoms with Crippen LogP contribution in [0.1, 0.15) is 12.8 Å². The summed E-state index contributed by atoms with van der Waals surface area (Å²) in [5, 5.41) is 2.97. The van der Waals surface area contributed by atoms with Gasteiger partial charge in [0.2, 0.25) is 11.8 Å². The number of rotatable bonds is 3. The molecule has 1 aromatic rings. The van der Waals surface area contributed by atoms with Crippen LogP contribution >= 0.6 is 0 Å². The molecule has 1 unspecified atom stereocenters. The Morgan fingerprint density at radius 3 is 2.89 bits per heavy atom. The van der Waals surface area contributed by atoms with Crippen LogP contribution in [0.3, 0.4) is 0 Å². The maximum atomic E-state index is 11.9. The summed E-state index contributed by atoms with van der Waals surface area (Å²) in [4.78, 5) is 28.6. The molecular formula is C12H16N4O3. The van der Waals surface area contributed by atoms with Gasteiger partial charge in [0, 0.05) is 19.5 Å². The number of pyridine rings is 1. The smallest absolute Gasteiger partial charge is 0.251 e. The number of nitrogens with one attached hydrogen (secondary N) is 1. The maximum absolute atomic E-state index is 11.9. The van der Waals surface area contributed by atoms with Gasteiger partial charge in [0.1, 0.15) is 6.04 Å². The van der Waals surface area contributed by atoms with Crippen LogP contribution in [-0.2, 0) is 9.59 Å². The first-order valence-electron chi connectivity index (χ1n) is 5.90. The largest absolute Gasteiger partial charge is 0.481 e. The van der Waals surface area contributed by atoms with Crippen molar-refractivity contribution in [2.75, 3.05) is 25.2 Å². The highest BCUT2D eigenvalue weighted by Crippen LogP contribution is 2.23. The second-order valence-electron chi connectivity index (χ2n) is 4.32. The maximum Gasteiger partial charge on any atom is 0.251 e. The molecule has 1 atom stereocenters. The molecule has 7 heteroatoms. The Kier molecular flexibility index (Phi) is 3.55. The molecule has 0 bridgehead atoms. The van der Waals surface area contributed by atoms with Crippen LogP contribution in [0.15, 0.2) is 12.1 Å². The first kappa shape index (κ1) is 13.1. The zero-order chi connectivity index (χ0) is 14.0. The fraction of sp³-hybridized carbons (Fsp3) is 0.417. The number of carbonyl (C=O) groups excluding carboxylic acids is 2. The molecule has 1 aliphatic heterocycles. The zero-order valence-corrected chi connectivity index (χ0v) is 10.8. The van der Waals surface area contributed by atoms with Crippen LogP contribution in [-0.4, -0.2) is 41.9 Å². The number of anilines is 2. The molecule has 0 saturated carbocycles. The minimum atomic E-state index is -0.496. The van der Waals surface area contributed by atoms with E-state index in [9.17, 15) is 9.59 Å². The van der Waals surface area contributed by atoms with E-state index in [1.807, 2.05) is 0 Å². The van der Waals surface area contributed by atoms with E-state index in [1.165, 1.54) is 14.2 Å². The molecule has 2 heterocycles. The number of nitrogen functional groups attached to an aromatic ring is 1. The van der Waals surface area contributed by atoms with Gasteiger partial charge in [0.25, 0.3) is 5.91 Å². The highest BCUT2D eigenvalue weighted by atomic mass is 16.5. The fourth-order valence-corrected chi connectivity index (χ4v) is 1.90. The number of methoxy groups -OCH3 is 1. The van der Waals surface area contributed by atoms with E-state index in [0.29, 0.717) is 30.2 Å². The van der Waals surface area contributed by atoms with Gasteiger partial charge in [-0.3, -0.25) is 14.5 Å². The molecule has 1 fully saturated rings. The molecule has 0 radical (unpaired) electrons. The molecule has 1 saturated heterocycles. The number of ether oxygens (including phenoxy) is 1. The standard InChI is InChI=1S/C12H16N4O3/c1-16-10(17)6-4-8(12(16)18)14-11-7(13)3-5-9(15-11)19-2/h3,5,8H,4,6,13H2,1-2H3,(H,14,15). The van der Waals surface area contributed by atoms with Gasteiger partial charge in [-0.25, -0.2) is 0 Å². The van der Waals surface area contributed by atoms with E-state index in [0.717, 1.165) is 4.90 Å². The van der Waals surface area contributed by atoms with Crippen LogP contribution < -0.4 is 15.8 Å². The Hall–Kier alpha value is -2.31. The van der Waals surface area contributed by atoms with E-state index in [2.05, 4.69) is 10.3 Å². The molecule has 2 amide bonds. The van der Waals surface area contributed by atoms with Gasteiger partial charge in [0.15, 0.2) is 5.82 Å². The predicted octanol–water partition coefficient (Wildman–Crippen LogP) is 0.232. The Morgan fingerprint density at radius 1 is 1.47 bits per heavy atom. The van der Waals surface area contributed by atoms with Gasteiger partial charge in [-0.1, -0.05) is 0 Å². The van der Waals surface area contributed by atoms with Gasteiger partial charge in [-0.15, -0.1) is 0 Å². The van der Waals surface area contributed by atoms with Crippen molar-refractivity contribution in [3.05, 3.63) is 12.1 Å². The first-order chi connectivity index (χ1) is 9.02. The van der Waals surface area contributed by atoms with Crippen molar-refractivity contribution in [2.24, 2.45) is 0 Å². The summed E-state index contributed by atoms with van der Waals surface area (Å²) in [6.45, 7) is 0. The quantitative estimate of drug-likeness (QED) is 0.758. The molecule has 1 aromatic heterocycles. The van der Waals surface area contributed by atoms with Crippen molar-refractivity contribution in [1.29, 1.82) is 0 Å². The van der Waals surface area contributed by atoms with Crippen LogP contribution in [0, 0.1) is 0 Å². The predicted molar refractivity (Wildman–Crippen MR) is 69.6 cm³/mol.